The van der Waals surface area contributed by atoms with Crippen LogP contribution in [0, 0.1) is 11.6 Å². The lowest BCUT2D eigenvalue weighted by Gasteiger charge is -2.19. The minimum absolute atomic E-state index is 0.121. The summed E-state index contributed by atoms with van der Waals surface area (Å²) < 4.78 is 26.8. The number of nitrogens with zero attached hydrogens (tertiary/aromatic N) is 2. The summed E-state index contributed by atoms with van der Waals surface area (Å²) in [6.45, 7) is 6.21. The quantitative estimate of drug-likeness (QED) is 0.343. The zero-order chi connectivity index (χ0) is 23.0. The maximum Gasteiger partial charge on any atom is 0.323 e. The van der Waals surface area contributed by atoms with E-state index >= 15 is 0 Å². The molecule has 0 radical (unpaired) electrons. The number of nitrogens with two attached hydrogens (primary N) is 1. The number of pyridine rings is 1. The van der Waals surface area contributed by atoms with Gasteiger partial charge >= 0.3 is 6.03 Å². The second-order valence-electron chi connectivity index (χ2n) is 8.42. The molecule has 7 nitrogen and oxygen atoms in total. The van der Waals surface area contributed by atoms with E-state index in [9.17, 15) is 13.6 Å². The lowest BCUT2D eigenvalue weighted by atomic mass is 9.89. The van der Waals surface area contributed by atoms with Gasteiger partial charge in [-0.05, 0) is 41.5 Å². The molecule has 0 spiro atoms. The van der Waals surface area contributed by atoms with E-state index in [1.54, 1.807) is 12.1 Å². The zero-order valence-electron chi connectivity index (χ0n) is 17.8. The number of halogens is 2. The number of anilines is 3. The van der Waals surface area contributed by atoms with Gasteiger partial charge in [0.05, 0.1) is 11.1 Å². The molecule has 0 aliphatic rings. The summed E-state index contributed by atoms with van der Waals surface area (Å²) in [5.41, 5.74) is 9.48. The number of aromatic amines is 1. The van der Waals surface area contributed by atoms with E-state index in [2.05, 4.69) is 46.6 Å². The molecule has 164 valence electrons. The van der Waals surface area contributed by atoms with Crippen LogP contribution in [0.3, 0.4) is 0 Å². The summed E-state index contributed by atoms with van der Waals surface area (Å²) in [5, 5.41) is 12.7. The van der Waals surface area contributed by atoms with Gasteiger partial charge in [0.1, 0.15) is 11.6 Å². The highest BCUT2D eigenvalue weighted by molar-refractivity contribution is 6.01. The van der Waals surface area contributed by atoms with E-state index in [4.69, 9.17) is 5.73 Å². The fraction of sp³-hybridized carbons (Fsp3) is 0.174. The minimum Gasteiger partial charge on any atom is -0.382 e. The highest BCUT2D eigenvalue weighted by Crippen LogP contribution is 2.34. The van der Waals surface area contributed by atoms with Crippen LogP contribution in [0.5, 0.6) is 0 Å². The summed E-state index contributed by atoms with van der Waals surface area (Å²) in [6.07, 6.45) is 0. The molecule has 32 heavy (non-hydrogen) atoms. The van der Waals surface area contributed by atoms with Crippen molar-refractivity contribution in [3.05, 3.63) is 65.9 Å². The largest absolute Gasteiger partial charge is 0.382 e. The van der Waals surface area contributed by atoms with Crippen LogP contribution in [0.15, 0.2) is 48.5 Å². The molecule has 9 heteroatoms. The Balaban J connectivity index is 1.59. The third kappa shape index (κ3) is 4.22. The second-order valence-corrected chi connectivity index (χ2v) is 8.42. The predicted octanol–water partition coefficient (Wildman–Crippen LogP) is 5.43. The summed E-state index contributed by atoms with van der Waals surface area (Å²) in [6, 6.07) is 11.4. The van der Waals surface area contributed by atoms with Crippen LogP contribution in [0.25, 0.3) is 22.2 Å². The van der Waals surface area contributed by atoms with Gasteiger partial charge in [-0.2, -0.15) is 5.10 Å². The van der Waals surface area contributed by atoms with Crippen molar-refractivity contribution in [2.45, 2.75) is 26.2 Å². The third-order valence-corrected chi connectivity index (χ3v) is 4.96. The monoisotopic (exact) mass is 436 g/mol. The van der Waals surface area contributed by atoms with Crippen LogP contribution in [0.1, 0.15) is 26.5 Å². The van der Waals surface area contributed by atoms with Crippen molar-refractivity contribution in [2.24, 2.45) is 0 Å². The Kier molecular flexibility index (Phi) is 5.25. The van der Waals surface area contributed by atoms with Gasteiger partial charge in [0.15, 0.2) is 11.5 Å². The van der Waals surface area contributed by atoms with Gasteiger partial charge in [-0.3, -0.25) is 5.10 Å². The van der Waals surface area contributed by atoms with Gasteiger partial charge in [0.2, 0.25) is 0 Å². The van der Waals surface area contributed by atoms with Crippen molar-refractivity contribution in [1.29, 1.82) is 0 Å². The fourth-order valence-electron chi connectivity index (χ4n) is 3.27. The lowest BCUT2D eigenvalue weighted by molar-refractivity contribution is 0.262. The molecule has 0 atom stereocenters. The molecule has 0 fully saturated rings. The summed E-state index contributed by atoms with van der Waals surface area (Å²) in [7, 11) is 0. The van der Waals surface area contributed by atoms with Crippen molar-refractivity contribution < 1.29 is 13.6 Å². The first kappa shape index (κ1) is 21.2. The summed E-state index contributed by atoms with van der Waals surface area (Å²) in [4.78, 5) is 16.8. The molecule has 4 aromatic rings. The number of benzene rings is 2. The van der Waals surface area contributed by atoms with Crippen LogP contribution >= 0.6 is 0 Å². The molecule has 4 rings (SSSR count). The molecule has 5 N–H and O–H groups in total. The number of nitrogen functional groups attached to an aromatic ring is 1. The number of urea groups is 1. The van der Waals surface area contributed by atoms with Gasteiger partial charge in [-0.15, -0.1) is 0 Å². The van der Waals surface area contributed by atoms with Gasteiger partial charge in [0.25, 0.3) is 0 Å². The van der Waals surface area contributed by atoms with Crippen molar-refractivity contribution in [3.63, 3.8) is 0 Å². The molecule has 2 heterocycles. The Hall–Kier alpha value is -4.01. The smallest absolute Gasteiger partial charge is 0.323 e. The Morgan fingerprint density at radius 2 is 1.75 bits per heavy atom. The SMILES string of the molecule is CC(C)(C)c1cc(-c2ccc(NC(=O)Nc3ccc(F)cc3F)cc2)c2c(N)n[nH]c2n1. The van der Waals surface area contributed by atoms with Crippen molar-refractivity contribution >= 4 is 34.3 Å². The van der Waals surface area contributed by atoms with Gasteiger partial charge in [0, 0.05) is 22.9 Å². The number of rotatable bonds is 3. The van der Waals surface area contributed by atoms with E-state index in [0.29, 0.717) is 23.2 Å². The number of aromatic nitrogens is 3. The first-order valence-electron chi connectivity index (χ1n) is 9.90. The van der Waals surface area contributed by atoms with E-state index in [1.165, 1.54) is 0 Å². The first-order chi connectivity index (χ1) is 15.1. The Bertz CT molecular complexity index is 1310. The standard InChI is InChI=1S/C23H22F2N6O/c1-23(2,3)18-11-15(19-20(26)30-31-21(19)29-18)12-4-7-14(8-5-12)27-22(32)28-17-9-6-13(24)10-16(17)25/h4-11H,1-3H3,(H2,27,28,32)(H3,26,29,30,31). The van der Waals surface area contributed by atoms with Gasteiger partial charge < -0.3 is 16.4 Å². The maximum atomic E-state index is 13.7. The van der Waals surface area contributed by atoms with Crippen molar-refractivity contribution in [3.8, 4) is 11.1 Å². The van der Waals surface area contributed by atoms with Crippen LogP contribution in [0.2, 0.25) is 0 Å². The number of hydrogen-bond acceptors (Lipinski definition) is 4. The topological polar surface area (TPSA) is 109 Å². The zero-order valence-corrected chi connectivity index (χ0v) is 17.8. The third-order valence-electron chi connectivity index (χ3n) is 4.96. The number of amides is 2. The molecule has 0 bridgehead atoms. The fourth-order valence-corrected chi connectivity index (χ4v) is 3.27. The van der Waals surface area contributed by atoms with Crippen LogP contribution in [0.4, 0.5) is 30.8 Å². The number of carbonyl (C=O) groups excluding carboxylic acids is 1. The van der Waals surface area contributed by atoms with Crippen molar-refractivity contribution in [1.82, 2.24) is 15.2 Å². The average molecular weight is 436 g/mol. The normalized spacial score (nSPS) is 11.5. The van der Waals surface area contributed by atoms with Crippen LogP contribution < -0.4 is 16.4 Å². The number of carbonyl (C=O) groups is 1. The molecule has 0 saturated heterocycles. The summed E-state index contributed by atoms with van der Waals surface area (Å²) >= 11 is 0. The lowest BCUT2D eigenvalue weighted by Crippen LogP contribution is -2.20. The Labute approximate surface area is 183 Å². The molecule has 0 aliphatic carbocycles. The number of hydrogen-bond donors (Lipinski definition) is 4. The van der Waals surface area contributed by atoms with Gasteiger partial charge in [-0.1, -0.05) is 32.9 Å². The molecule has 2 aromatic carbocycles. The van der Waals surface area contributed by atoms with E-state index in [-0.39, 0.29) is 11.1 Å². The number of H-pyrrole nitrogens is 1. The van der Waals surface area contributed by atoms with Crippen LogP contribution in [-0.2, 0) is 5.41 Å². The van der Waals surface area contributed by atoms with E-state index in [1.807, 2.05) is 18.2 Å². The first-order valence-corrected chi connectivity index (χ1v) is 9.90. The maximum absolute atomic E-state index is 13.7. The highest BCUT2D eigenvalue weighted by Gasteiger charge is 2.21. The summed E-state index contributed by atoms with van der Waals surface area (Å²) in [5.74, 6) is -1.22. The Morgan fingerprint density at radius 3 is 2.41 bits per heavy atom. The Morgan fingerprint density at radius 1 is 1.03 bits per heavy atom. The van der Waals surface area contributed by atoms with Gasteiger partial charge in [-0.25, -0.2) is 18.6 Å². The minimum atomic E-state index is -0.857. The molecule has 0 saturated carbocycles. The highest BCUT2D eigenvalue weighted by atomic mass is 19.1. The van der Waals surface area contributed by atoms with Crippen LogP contribution in [-0.4, -0.2) is 21.2 Å². The number of fused-ring (bicyclic) bond motifs is 1. The molecule has 0 aliphatic heterocycles. The second kappa shape index (κ2) is 7.92. The van der Waals surface area contributed by atoms with E-state index < -0.39 is 17.7 Å². The molecular formula is C23H22F2N6O. The predicted molar refractivity (Wildman–Crippen MR) is 121 cm³/mol. The van der Waals surface area contributed by atoms with Crippen molar-refractivity contribution in [2.75, 3.05) is 16.4 Å². The number of nitrogens with one attached hydrogen (secondary N) is 3. The molecule has 2 amide bonds. The molecule has 2 aromatic heterocycles. The molecule has 0 unspecified atom stereocenters. The molecular weight excluding hydrogens is 414 g/mol. The van der Waals surface area contributed by atoms with E-state index in [0.717, 1.165) is 34.3 Å². The average Bonchev–Trinajstić information content (AvgIpc) is 3.10.